The van der Waals surface area contributed by atoms with E-state index in [-0.39, 0.29) is 0 Å². The lowest BCUT2D eigenvalue weighted by molar-refractivity contribution is 0.203. The molecule has 112 valence electrons. The van der Waals surface area contributed by atoms with Gasteiger partial charge >= 0.3 is 0 Å². The molecule has 1 saturated carbocycles. The van der Waals surface area contributed by atoms with E-state index in [0.717, 1.165) is 17.8 Å². The normalized spacial score (nSPS) is 23.5. The van der Waals surface area contributed by atoms with Gasteiger partial charge in [0.05, 0.1) is 0 Å². The van der Waals surface area contributed by atoms with E-state index < -0.39 is 0 Å². The Hall–Kier alpha value is -0.780. The Bertz CT molecular complexity index is 385. The van der Waals surface area contributed by atoms with Crippen LogP contribution in [0.5, 0.6) is 0 Å². The SMILES string of the molecule is CC(C)CC1CCCCC1Cc1ccc(C(C)C)cc1. The van der Waals surface area contributed by atoms with Crippen molar-refractivity contribution < 1.29 is 0 Å². The van der Waals surface area contributed by atoms with Gasteiger partial charge in [0.1, 0.15) is 0 Å². The Labute approximate surface area is 126 Å². The molecule has 0 heterocycles. The molecule has 1 aromatic carbocycles. The summed E-state index contributed by atoms with van der Waals surface area (Å²) in [5.41, 5.74) is 3.02. The van der Waals surface area contributed by atoms with Crippen molar-refractivity contribution in [1.29, 1.82) is 0 Å². The predicted octanol–water partition coefficient (Wildman–Crippen LogP) is 6.21. The molecule has 0 amide bonds. The molecule has 2 rings (SSSR count). The molecule has 2 atom stereocenters. The lowest BCUT2D eigenvalue weighted by Gasteiger charge is -2.33. The molecule has 0 aromatic heterocycles. The molecule has 2 unspecified atom stereocenters. The van der Waals surface area contributed by atoms with Crippen molar-refractivity contribution in [1.82, 2.24) is 0 Å². The molecule has 20 heavy (non-hydrogen) atoms. The Morgan fingerprint density at radius 1 is 0.900 bits per heavy atom. The average Bonchev–Trinajstić information content (AvgIpc) is 2.41. The van der Waals surface area contributed by atoms with Crippen LogP contribution in [0, 0.1) is 17.8 Å². The van der Waals surface area contributed by atoms with Crippen LogP contribution in [0.2, 0.25) is 0 Å². The van der Waals surface area contributed by atoms with Crippen molar-refractivity contribution >= 4 is 0 Å². The highest BCUT2D eigenvalue weighted by Crippen LogP contribution is 2.36. The molecule has 0 nitrogen and oxygen atoms in total. The van der Waals surface area contributed by atoms with Crippen LogP contribution in [0.1, 0.15) is 76.8 Å². The summed E-state index contributed by atoms with van der Waals surface area (Å²) in [5.74, 6) is 3.39. The second kappa shape index (κ2) is 7.29. The largest absolute Gasteiger partial charge is 0.0628 e. The number of hydrogen-bond donors (Lipinski definition) is 0. The van der Waals surface area contributed by atoms with Crippen LogP contribution in [0.4, 0.5) is 0 Å². The molecule has 1 aliphatic rings. The van der Waals surface area contributed by atoms with Crippen molar-refractivity contribution in [2.24, 2.45) is 17.8 Å². The maximum atomic E-state index is 2.38. The molecule has 0 N–H and O–H groups in total. The first-order chi connectivity index (χ1) is 9.56. The second-order valence-electron chi connectivity index (χ2n) is 7.53. The summed E-state index contributed by atoms with van der Waals surface area (Å²) in [6, 6.07) is 9.41. The third-order valence-electron chi connectivity index (χ3n) is 4.98. The van der Waals surface area contributed by atoms with Gasteiger partial charge in [-0.25, -0.2) is 0 Å². The second-order valence-corrected chi connectivity index (χ2v) is 7.53. The zero-order valence-corrected chi connectivity index (χ0v) is 13.9. The molecule has 0 spiro atoms. The van der Waals surface area contributed by atoms with Gasteiger partial charge in [0, 0.05) is 0 Å². The van der Waals surface area contributed by atoms with Gasteiger partial charge in [-0.15, -0.1) is 0 Å². The van der Waals surface area contributed by atoms with E-state index in [4.69, 9.17) is 0 Å². The van der Waals surface area contributed by atoms with Crippen molar-refractivity contribution in [2.45, 2.75) is 72.1 Å². The van der Waals surface area contributed by atoms with Crippen LogP contribution in [0.25, 0.3) is 0 Å². The summed E-state index contributed by atoms with van der Waals surface area (Å²) in [5, 5.41) is 0. The Morgan fingerprint density at radius 3 is 2.05 bits per heavy atom. The van der Waals surface area contributed by atoms with Crippen molar-refractivity contribution in [3.05, 3.63) is 35.4 Å². The fourth-order valence-electron chi connectivity index (χ4n) is 3.81. The summed E-state index contributed by atoms with van der Waals surface area (Å²) < 4.78 is 0. The van der Waals surface area contributed by atoms with Crippen LogP contribution in [0.15, 0.2) is 24.3 Å². The van der Waals surface area contributed by atoms with E-state index in [1.807, 2.05) is 0 Å². The molecule has 0 radical (unpaired) electrons. The molecular weight excluding hydrogens is 240 g/mol. The topological polar surface area (TPSA) is 0 Å². The maximum Gasteiger partial charge on any atom is -0.0219 e. The highest BCUT2D eigenvalue weighted by Gasteiger charge is 2.25. The van der Waals surface area contributed by atoms with Crippen LogP contribution < -0.4 is 0 Å². The molecule has 1 aromatic rings. The molecule has 1 fully saturated rings. The molecular formula is C20H32. The van der Waals surface area contributed by atoms with Crippen LogP contribution in [-0.4, -0.2) is 0 Å². The summed E-state index contributed by atoms with van der Waals surface area (Å²) in [6.45, 7) is 9.30. The third kappa shape index (κ3) is 4.36. The zero-order valence-electron chi connectivity index (χ0n) is 13.9. The predicted molar refractivity (Wildman–Crippen MR) is 89.1 cm³/mol. The lowest BCUT2D eigenvalue weighted by Crippen LogP contribution is -2.23. The average molecular weight is 272 g/mol. The first-order valence-corrected chi connectivity index (χ1v) is 8.65. The van der Waals surface area contributed by atoms with Crippen molar-refractivity contribution in [2.75, 3.05) is 0 Å². The summed E-state index contributed by atoms with van der Waals surface area (Å²) >= 11 is 0. The minimum absolute atomic E-state index is 0.646. The maximum absolute atomic E-state index is 2.38. The monoisotopic (exact) mass is 272 g/mol. The lowest BCUT2D eigenvalue weighted by atomic mass is 9.73. The molecule has 0 bridgehead atoms. The van der Waals surface area contributed by atoms with Gasteiger partial charge in [-0.05, 0) is 54.1 Å². The fraction of sp³-hybridized carbons (Fsp3) is 0.700. The first kappa shape index (κ1) is 15.6. The molecule has 0 aliphatic heterocycles. The van der Waals surface area contributed by atoms with Gasteiger partial charge in [-0.3, -0.25) is 0 Å². The highest BCUT2D eigenvalue weighted by atomic mass is 14.3. The van der Waals surface area contributed by atoms with E-state index in [2.05, 4.69) is 52.0 Å². The summed E-state index contributed by atoms with van der Waals surface area (Å²) in [4.78, 5) is 0. The third-order valence-corrected chi connectivity index (χ3v) is 4.98. The number of rotatable bonds is 5. The molecule has 0 heteroatoms. The minimum Gasteiger partial charge on any atom is -0.0628 e. The van der Waals surface area contributed by atoms with Gasteiger partial charge in [0.15, 0.2) is 0 Å². The van der Waals surface area contributed by atoms with Crippen molar-refractivity contribution in [3.63, 3.8) is 0 Å². The smallest absolute Gasteiger partial charge is 0.0219 e. The van der Waals surface area contributed by atoms with E-state index in [1.54, 1.807) is 5.56 Å². The van der Waals surface area contributed by atoms with Gasteiger partial charge in [-0.2, -0.15) is 0 Å². The van der Waals surface area contributed by atoms with Gasteiger partial charge in [0.25, 0.3) is 0 Å². The van der Waals surface area contributed by atoms with Gasteiger partial charge in [-0.1, -0.05) is 71.2 Å². The van der Waals surface area contributed by atoms with Crippen LogP contribution in [-0.2, 0) is 6.42 Å². The Balaban J connectivity index is 1.99. The highest BCUT2D eigenvalue weighted by molar-refractivity contribution is 5.25. The fourth-order valence-corrected chi connectivity index (χ4v) is 3.81. The standard InChI is InChI=1S/C20H32/c1-15(2)13-19-7-5-6-8-20(19)14-17-9-11-18(12-10-17)16(3)4/h9-12,15-16,19-20H,5-8,13-14H2,1-4H3. The quantitative estimate of drug-likeness (QED) is 0.598. The molecule has 0 saturated heterocycles. The zero-order chi connectivity index (χ0) is 14.5. The minimum atomic E-state index is 0.646. The Morgan fingerprint density at radius 2 is 1.50 bits per heavy atom. The summed E-state index contributed by atoms with van der Waals surface area (Å²) in [6.07, 6.45) is 8.55. The molecule has 1 aliphatic carbocycles. The van der Waals surface area contributed by atoms with Crippen LogP contribution in [0.3, 0.4) is 0 Å². The van der Waals surface area contributed by atoms with Gasteiger partial charge in [0.2, 0.25) is 0 Å². The van der Waals surface area contributed by atoms with E-state index in [9.17, 15) is 0 Å². The van der Waals surface area contributed by atoms with Crippen LogP contribution >= 0.6 is 0 Å². The van der Waals surface area contributed by atoms with E-state index in [0.29, 0.717) is 5.92 Å². The van der Waals surface area contributed by atoms with Gasteiger partial charge < -0.3 is 0 Å². The van der Waals surface area contributed by atoms with E-state index in [1.165, 1.54) is 44.1 Å². The first-order valence-electron chi connectivity index (χ1n) is 8.65. The number of benzene rings is 1. The summed E-state index contributed by atoms with van der Waals surface area (Å²) in [7, 11) is 0. The van der Waals surface area contributed by atoms with Crippen molar-refractivity contribution in [3.8, 4) is 0 Å². The van der Waals surface area contributed by atoms with E-state index >= 15 is 0 Å². The Kier molecular flexibility index (Phi) is 5.69. The number of hydrogen-bond acceptors (Lipinski definition) is 0.